The van der Waals surface area contributed by atoms with Crippen molar-refractivity contribution < 1.29 is 23.7 Å². The predicted octanol–water partition coefficient (Wildman–Crippen LogP) is 1.19. The molecule has 1 aromatic carbocycles. The summed E-state index contributed by atoms with van der Waals surface area (Å²) >= 11 is 0. The minimum absolute atomic E-state index is 0.132. The van der Waals surface area contributed by atoms with E-state index >= 15 is 0 Å². The number of carbonyl (C=O) groups excluding carboxylic acids is 1. The maximum Gasteiger partial charge on any atom is 0.340 e. The van der Waals surface area contributed by atoms with Crippen LogP contribution in [0.4, 0.5) is 5.69 Å². The maximum absolute atomic E-state index is 11.9. The van der Waals surface area contributed by atoms with Gasteiger partial charge in [-0.2, -0.15) is 0 Å². The van der Waals surface area contributed by atoms with E-state index < -0.39 is 5.97 Å². The third-order valence-corrected chi connectivity index (χ3v) is 2.47. The Morgan fingerprint density at radius 3 is 2.78 bits per heavy atom. The number of hydrogen-bond acceptors (Lipinski definition) is 6. The highest BCUT2D eigenvalue weighted by Crippen LogP contribution is 2.36. The van der Waals surface area contributed by atoms with Crippen LogP contribution >= 0.6 is 0 Å². The Balaban J connectivity index is 2.15. The lowest BCUT2D eigenvalue weighted by atomic mass is 10.1. The molecule has 0 aliphatic carbocycles. The molecule has 1 unspecified atom stereocenters. The van der Waals surface area contributed by atoms with Crippen molar-refractivity contribution >= 4 is 11.7 Å². The molecular formula is C12H15NO5. The second kappa shape index (κ2) is 5.14. The van der Waals surface area contributed by atoms with Crippen molar-refractivity contribution in [1.82, 2.24) is 0 Å². The van der Waals surface area contributed by atoms with Gasteiger partial charge in [0.25, 0.3) is 0 Å². The van der Waals surface area contributed by atoms with Crippen molar-refractivity contribution in [2.45, 2.75) is 13.0 Å². The molecule has 18 heavy (non-hydrogen) atoms. The number of anilines is 1. The van der Waals surface area contributed by atoms with Gasteiger partial charge in [0.05, 0.1) is 17.9 Å². The normalized spacial score (nSPS) is 14.3. The van der Waals surface area contributed by atoms with Gasteiger partial charge in [-0.05, 0) is 6.92 Å². The number of nitrogen functional groups attached to an aromatic ring is 1. The Bertz CT molecular complexity index is 460. The first kappa shape index (κ1) is 12.5. The Morgan fingerprint density at radius 2 is 2.11 bits per heavy atom. The zero-order chi connectivity index (χ0) is 13.1. The third kappa shape index (κ3) is 2.48. The molecule has 0 aromatic heterocycles. The molecule has 0 saturated heterocycles. The Kier molecular flexibility index (Phi) is 3.57. The Labute approximate surface area is 105 Å². The molecule has 6 heteroatoms. The molecule has 0 bridgehead atoms. The van der Waals surface area contributed by atoms with Gasteiger partial charge < -0.3 is 24.7 Å². The number of carbonyl (C=O) groups is 1. The molecule has 0 fully saturated rings. The van der Waals surface area contributed by atoms with Crippen molar-refractivity contribution in [2.75, 3.05) is 26.2 Å². The van der Waals surface area contributed by atoms with Gasteiger partial charge in [0, 0.05) is 19.2 Å². The van der Waals surface area contributed by atoms with Crippen LogP contribution in [0.1, 0.15) is 17.3 Å². The van der Waals surface area contributed by atoms with Crippen LogP contribution in [0.2, 0.25) is 0 Å². The van der Waals surface area contributed by atoms with E-state index in [4.69, 9.17) is 24.7 Å². The van der Waals surface area contributed by atoms with Crippen LogP contribution in [-0.4, -0.2) is 32.6 Å². The number of methoxy groups -OCH3 is 1. The summed E-state index contributed by atoms with van der Waals surface area (Å²) in [6, 6.07) is 3.08. The number of hydrogen-bond donors (Lipinski definition) is 1. The van der Waals surface area contributed by atoms with E-state index in [1.807, 2.05) is 0 Å². The summed E-state index contributed by atoms with van der Waals surface area (Å²) in [4.78, 5) is 11.9. The van der Waals surface area contributed by atoms with E-state index in [9.17, 15) is 4.79 Å². The largest absolute Gasteiger partial charge is 0.457 e. The molecule has 0 amide bonds. The van der Waals surface area contributed by atoms with Gasteiger partial charge >= 0.3 is 5.97 Å². The average Bonchev–Trinajstić information content (AvgIpc) is 2.74. The van der Waals surface area contributed by atoms with E-state index in [1.54, 1.807) is 20.1 Å². The van der Waals surface area contributed by atoms with Crippen molar-refractivity contribution in [3.63, 3.8) is 0 Å². The molecule has 0 saturated carbocycles. The van der Waals surface area contributed by atoms with E-state index in [2.05, 4.69) is 0 Å². The van der Waals surface area contributed by atoms with Gasteiger partial charge in [0.15, 0.2) is 11.5 Å². The van der Waals surface area contributed by atoms with Gasteiger partial charge in [0.1, 0.15) is 6.10 Å². The summed E-state index contributed by atoms with van der Waals surface area (Å²) in [5.74, 6) is 0.528. The van der Waals surface area contributed by atoms with Gasteiger partial charge in [0.2, 0.25) is 6.79 Å². The van der Waals surface area contributed by atoms with Gasteiger partial charge in [-0.3, -0.25) is 0 Å². The maximum atomic E-state index is 11.9. The third-order valence-electron chi connectivity index (χ3n) is 2.47. The predicted molar refractivity (Wildman–Crippen MR) is 63.7 cm³/mol. The van der Waals surface area contributed by atoms with Crippen LogP contribution in [0, 0.1) is 0 Å². The van der Waals surface area contributed by atoms with Crippen LogP contribution in [-0.2, 0) is 9.47 Å². The highest BCUT2D eigenvalue weighted by molar-refractivity contribution is 5.96. The van der Waals surface area contributed by atoms with E-state index in [0.29, 0.717) is 23.8 Å². The van der Waals surface area contributed by atoms with E-state index in [0.717, 1.165) is 0 Å². The molecule has 1 aromatic rings. The van der Waals surface area contributed by atoms with E-state index in [1.165, 1.54) is 6.07 Å². The summed E-state index contributed by atoms with van der Waals surface area (Å²) in [7, 11) is 1.54. The summed E-state index contributed by atoms with van der Waals surface area (Å²) in [5.41, 5.74) is 6.34. The average molecular weight is 253 g/mol. The molecule has 6 nitrogen and oxygen atoms in total. The summed E-state index contributed by atoms with van der Waals surface area (Å²) in [6.45, 7) is 2.20. The first-order valence-corrected chi connectivity index (χ1v) is 5.51. The van der Waals surface area contributed by atoms with Crippen molar-refractivity contribution in [2.24, 2.45) is 0 Å². The molecular weight excluding hydrogens is 238 g/mol. The van der Waals surface area contributed by atoms with Crippen LogP contribution in [0.25, 0.3) is 0 Å². The number of nitrogens with two attached hydrogens (primary N) is 1. The summed E-state index contributed by atoms with van der Waals surface area (Å²) in [5, 5.41) is 0. The smallest absolute Gasteiger partial charge is 0.340 e. The van der Waals surface area contributed by atoms with Crippen LogP contribution in [0.5, 0.6) is 11.5 Å². The minimum atomic E-state index is -0.504. The van der Waals surface area contributed by atoms with Gasteiger partial charge in [-0.15, -0.1) is 0 Å². The monoisotopic (exact) mass is 253 g/mol. The molecule has 2 N–H and O–H groups in total. The quantitative estimate of drug-likeness (QED) is 0.641. The molecule has 2 rings (SSSR count). The number of fused-ring (bicyclic) bond motifs is 1. The number of benzene rings is 1. The SMILES string of the molecule is COCC(C)OC(=O)c1cc2c(cc1N)OCO2. The fraction of sp³-hybridized carbons (Fsp3) is 0.417. The fourth-order valence-corrected chi connectivity index (χ4v) is 1.65. The second-order valence-electron chi connectivity index (χ2n) is 3.96. The second-order valence-corrected chi connectivity index (χ2v) is 3.96. The molecule has 1 atom stereocenters. The lowest BCUT2D eigenvalue weighted by Gasteiger charge is -2.13. The summed E-state index contributed by atoms with van der Waals surface area (Å²) < 4.78 is 20.4. The molecule has 0 spiro atoms. The topological polar surface area (TPSA) is 80.0 Å². The number of esters is 1. The molecule has 1 aliphatic rings. The number of ether oxygens (including phenoxy) is 4. The van der Waals surface area contributed by atoms with Crippen LogP contribution in [0.15, 0.2) is 12.1 Å². The van der Waals surface area contributed by atoms with Gasteiger partial charge in [-0.1, -0.05) is 0 Å². The molecule has 1 heterocycles. The van der Waals surface area contributed by atoms with Crippen molar-refractivity contribution in [1.29, 1.82) is 0 Å². The lowest BCUT2D eigenvalue weighted by Crippen LogP contribution is -2.20. The first-order valence-electron chi connectivity index (χ1n) is 5.51. The first-order chi connectivity index (χ1) is 8.61. The highest BCUT2D eigenvalue weighted by Gasteiger charge is 2.21. The van der Waals surface area contributed by atoms with E-state index in [-0.39, 0.29) is 18.5 Å². The zero-order valence-electron chi connectivity index (χ0n) is 10.3. The van der Waals surface area contributed by atoms with Crippen molar-refractivity contribution in [3.8, 4) is 11.5 Å². The minimum Gasteiger partial charge on any atom is -0.457 e. The Hall–Kier alpha value is -1.95. The summed E-state index contributed by atoms with van der Waals surface area (Å²) in [6.07, 6.45) is -0.340. The van der Waals surface area contributed by atoms with Crippen LogP contribution < -0.4 is 15.2 Å². The lowest BCUT2D eigenvalue weighted by molar-refractivity contribution is 0.0121. The Morgan fingerprint density at radius 1 is 1.44 bits per heavy atom. The molecule has 0 radical (unpaired) electrons. The standard InChI is InChI=1S/C12H15NO5/c1-7(5-15-2)18-12(14)8-3-10-11(4-9(8)13)17-6-16-10/h3-4,7H,5-6,13H2,1-2H3. The van der Waals surface area contributed by atoms with Crippen molar-refractivity contribution in [3.05, 3.63) is 17.7 Å². The molecule has 1 aliphatic heterocycles. The van der Waals surface area contributed by atoms with Crippen LogP contribution in [0.3, 0.4) is 0 Å². The van der Waals surface area contributed by atoms with Gasteiger partial charge in [-0.25, -0.2) is 4.79 Å². The zero-order valence-corrected chi connectivity index (χ0v) is 10.3. The number of rotatable bonds is 4. The highest BCUT2D eigenvalue weighted by atomic mass is 16.7. The fourth-order valence-electron chi connectivity index (χ4n) is 1.65. The molecule has 98 valence electrons.